The number of aliphatic hydroxyl groups excluding tert-OH is 1. The molecule has 0 aliphatic carbocycles. The van der Waals surface area contributed by atoms with Gasteiger partial charge in [-0.15, -0.1) is 0 Å². The topological polar surface area (TPSA) is 93.1 Å². The van der Waals surface area contributed by atoms with Gasteiger partial charge in [-0.05, 0) is 19.1 Å². The van der Waals surface area contributed by atoms with E-state index in [1.54, 1.807) is 19.1 Å². The monoisotopic (exact) mass is 280 g/mol. The fourth-order valence-corrected chi connectivity index (χ4v) is 1.95. The summed E-state index contributed by atoms with van der Waals surface area (Å²) in [5.74, 6) is -2.45. The molecule has 20 heavy (non-hydrogen) atoms. The number of carboxylic acids is 1. The van der Waals surface area contributed by atoms with Crippen LogP contribution in [-0.4, -0.2) is 40.5 Å². The molecule has 1 aromatic carbocycles. The third-order valence-corrected chi connectivity index (χ3v) is 3.24. The average Bonchev–Trinajstić information content (AvgIpc) is 2.41. The van der Waals surface area contributed by atoms with Gasteiger partial charge in [0, 0.05) is 0 Å². The van der Waals surface area contributed by atoms with Crippen molar-refractivity contribution in [1.82, 2.24) is 0 Å². The zero-order chi connectivity index (χ0) is 14.9. The maximum atomic E-state index is 11.6. The second-order valence-corrected chi connectivity index (χ2v) is 4.86. The minimum Gasteiger partial charge on any atom is -0.479 e. The summed E-state index contributed by atoms with van der Waals surface area (Å²) in [5, 5.41) is 18.7. The van der Waals surface area contributed by atoms with Crippen LogP contribution in [0.3, 0.4) is 0 Å². The Hall–Kier alpha value is -1.92. The number of benzene rings is 1. The fourth-order valence-electron chi connectivity index (χ4n) is 1.95. The van der Waals surface area contributed by atoms with Crippen LogP contribution in [0.15, 0.2) is 24.3 Å². The van der Waals surface area contributed by atoms with Crippen LogP contribution in [-0.2, 0) is 14.3 Å². The summed E-state index contributed by atoms with van der Waals surface area (Å²) in [4.78, 5) is 22.6. The Morgan fingerprint density at radius 2 is 1.90 bits per heavy atom. The zero-order valence-electron chi connectivity index (χ0n) is 11.1. The maximum Gasteiger partial charge on any atom is 0.340 e. The summed E-state index contributed by atoms with van der Waals surface area (Å²) >= 11 is 0. The molecule has 1 saturated heterocycles. The van der Waals surface area contributed by atoms with Crippen molar-refractivity contribution < 1.29 is 29.3 Å². The highest BCUT2D eigenvalue weighted by Crippen LogP contribution is 2.26. The lowest BCUT2D eigenvalue weighted by molar-refractivity contribution is -0.211. The summed E-state index contributed by atoms with van der Waals surface area (Å²) in [6, 6.07) is 7.09. The van der Waals surface area contributed by atoms with E-state index in [-0.39, 0.29) is 0 Å². The second-order valence-electron chi connectivity index (χ2n) is 4.86. The first kappa shape index (κ1) is 14.5. The molecule has 6 heteroatoms. The van der Waals surface area contributed by atoms with Gasteiger partial charge in [0.25, 0.3) is 0 Å². The third-order valence-electron chi connectivity index (χ3n) is 3.24. The summed E-state index contributed by atoms with van der Waals surface area (Å²) in [7, 11) is 0. The largest absolute Gasteiger partial charge is 0.479 e. The normalized spacial score (nSPS) is 30.1. The van der Waals surface area contributed by atoms with Crippen LogP contribution in [0.1, 0.15) is 12.5 Å². The molecular weight excluding hydrogens is 264 g/mol. The number of ketones is 1. The molecule has 0 aromatic heterocycles. The zero-order valence-corrected chi connectivity index (χ0v) is 11.1. The van der Waals surface area contributed by atoms with E-state index in [0.29, 0.717) is 5.75 Å². The van der Waals surface area contributed by atoms with E-state index >= 15 is 0 Å². The van der Waals surface area contributed by atoms with E-state index in [0.717, 1.165) is 5.56 Å². The molecule has 2 rings (SSSR count). The number of aryl methyl sites for hydroxylation is 1. The molecule has 1 aromatic rings. The molecule has 1 aliphatic rings. The number of aliphatic hydroxyl groups is 1. The van der Waals surface area contributed by atoms with Crippen LogP contribution in [0.25, 0.3) is 0 Å². The van der Waals surface area contributed by atoms with Crippen molar-refractivity contribution in [2.24, 2.45) is 5.92 Å². The van der Waals surface area contributed by atoms with E-state index in [1.807, 2.05) is 19.1 Å². The average molecular weight is 280 g/mol. The Kier molecular flexibility index (Phi) is 4.06. The minimum absolute atomic E-state index is 0.484. The molecule has 0 saturated carbocycles. The van der Waals surface area contributed by atoms with Gasteiger partial charge in [-0.3, -0.25) is 4.79 Å². The first-order valence-corrected chi connectivity index (χ1v) is 6.23. The van der Waals surface area contributed by atoms with Crippen LogP contribution >= 0.6 is 0 Å². The number of ether oxygens (including phenoxy) is 2. The number of aliphatic carboxylic acids is 1. The highest BCUT2D eigenvalue weighted by molar-refractivity contribution is 6.04. The quantitative estimate of drug-likeness (QED) is 0.794. The van der Waals surface area contributed by atoms with Gasteiger partial charge >= 0.3 is 5.97 Å². The van der Waals surface area contributed by atoms with E-state index in [1.165, 1.54) is 0 Å². The Morgan fingerprint density at radius 3 is 2.45 bits per heavy atom. The van der Waals surface area contributed by atoms with Crippen molar-refractivity contribution in [3.8, 4) is 5.75 Å². The molecule has 0 radical (unpaired) electrons. The lowest BCUT2D eigenvalue weighted by atomic mass is 9.94. The van der Waals surface area contributed by atoms with Crippen LogP contribution in [0.5, 0.6) is 5.75 Å². The third kappa shape index (κ3) is 2.81. The van der Waals surface area contributed by atoms with Crippen LogP contribution in [0, 0.1) is 12.8 Å². The standard InChI is InChI=1S/C14H16O6/c1-7-3-5-9(6-4-7)19-14-8(2)10(15)11(16)12(20-14)13(17)18/h3-6,8,10,12,14-15H,1-2H3,(H,17,18)/t8-,10-,12+,14-/m1/s1. The van der Waals surface area contributed by atoms with Crippen molar-refractivity contribution in [3.05, 3.63) is 29.8 Å². The van der Waals surface area contributed by atoms with Gasteiger partial charge in [-0.25, -0.2) is 4.79 Å². The first-order valence-electron chi connectivity index (χ1n) is 6.23. The molecule has 0 spiro atoms. The van der Waals surface area contributed by atoms with E-state index in [2.05, 4.69) is 0 Å². The lowest BCUT2D eigenvalue weighted by Crippen LogP contribution is -2.55. The predicted octanol–water partition coefficient (Wildman–Crippen LogP) is 0.749. The number of Topliss-reactive ketones (excluding diaryl/α,β-unsaturated/α-hetero) is 1. The molecular formula is C14H16O6. The summed E-state index contributed by atoms with van der Waals surface area (Å²) < 4.78 is 10.7. The molecule has 1 heterocycles. The molecule has 0 unspecified atom stereocenters. The summed E-state index contributed by atoms with van der Waals surface area (Å²) in [5.41, 5.74) is 1.05. The molecule has 1 aliphatic heterocycles. The first-order chi connectivity index (χ1) is 9.40. The van der Waals surface area contributed by atoms with E-state index in [9.17, 15) is 14.7 Å². The highest BCUT2D eigenvalue weighted by atomic mass is 16.7. The van der Waals surface area contributed by atoms with E-state index in [4.69, 9.17) is 14.6 Å². The van der Waals surface area contributed by atoms with Crippen LogP contribution in [0.4, 0.5) is 0 Å². The molecule has 4 atom stereocenters. The van der Waals surface area contributed by atoms with Gasteiger partial charge in [0.15, 0.2) is 0 Å². The summed E-state index contributed by atoms with van der Waals surface area (Å²) in [6.45, 7) is 3.49. The molecule has 2 N–H and O–H groups in total. The van der Waals surface area contributed by atoms with Crippen molar-refractivity contribution in [1.29, 1.82) is 0 Å². The van der Waals surface area contributed by atoms with Gasteiger partial charge in [0.05, 0.1) is 5.92 Å². The Labute approximate surface area is 115 Å². The van der Waals surface area contributed by atoms with Gasteiger partial charge in [0.1, 0.15) is 11.9 Å². The van der Waals surface area contributed by atoms with Crippen molar-refractivity contribution in [2.75, 3.05) is 0 Å². The molecule has 0 amide bonds. The molecule has 0 bridgehead atoms. The predicted molar refractivity (Wildman–Crippen MR) is 68.3 cm³/mol. The summed E-state index contributed by atoms with van der Waals surface area (Å²) in [6.07, 6.45) is -4.11. The van der Waals surface area contributed by atoms with Crippen molar-refractivity contribution >= 4 is 11.8 Å². The Bertz CT molecular complexity index is 509. The Morgan fingerprint density at radius 1 is 1.30 bits per heavy atom. The van der Waals surface area contributed by atoms with E-state index < -0.39 is 36.2 Å². The van der Waals surface area contributed by atoms with Crippen molar-refractivity contribution in [2.45, 2.75) is 32.3 Å². The lowest BCUT2D eigenvalue weighted by Gasteiger charge is -2.35. The maximum absolute atomic E-state index is 11.6. The number of hydrogen-bond donors (Lipinski definition) is 2. The number of carboxylic acid groups (broad SMARTS) is 1. The highest BCUT2D eigenvalue weighted by Gasteiger charge is 2.46. The number of hydrogen-bond acceptors (Lipinski definition) is 5. The molecule has 1 fully saturated rings. The van der Waals surface area contributed by atoms with Crippen molar-refractivity contribution in [3.63, 3.8) is 0 Å². The van der Waals surface area contributed by atoms with Crippen LogP contribution in [0.2, 0.25) is 0 Å². The minimum atomic E-state index is -1.70. The molecule has 108 valence electrons. The molecule has 6 nitrogen and oxygen atoms in total. The van der Waals surface area contributed by atoms with Gasteiger partial charge in [-0.2, -0.15) is 0 Å². The smallest absolute Gasteiger partial charge is 0.340 e. The van der Waals surface area contributed by atoms with Gasteiger partial charge < -0.3 is 19.7 Å². The number of carbonyl (C=O) groups excluding carboxylic acids is 1. The number of carbonyl (C=O) groups is 2. The van der Waals surface area contributed by atoms with Gasteiger partial charge in [0.2, 0.25) is 18.2 Å². The van der Waals surface area contributed by atoms with Gasteiger partial charge in [-0.1, -0.05) is 24.6 Å². The fraction of sp³-hybridized carbons (Fsp3) is 0.429. The van der Waals surface area contributed by atoms with Crippen LogP contribution < -0.4 is 4.74 Å². The Balaban J connectivity index is 2.15. The SMILES string of the molecule is Cc1ccc(O[C@@H]2O[C@H](C(=O)O)C(=O)[C@H](O)[C@H]2C)cc1. The number of rotatable bonds is 3. The second kappa shape index (κ2) is 5.60.